The summed E-state index contributed by atoms with van der Waals surface area (Å²) in [5, 5.41) is 8.48. The number of nitrogens with one attached hydrogen (secondary N) is 1. The number of hydrogen-bond acceptors (Lipinski definition) is 2. The maximum Gasteiger partial charge on any atom is 0.0207 e. The first-order valence-electron chi connectivity index (χ1n) is 12.3. The van der Waals surface area contributed by atoms with Crippen molar-refractivity contribution < 1.29 is 5.21 Å². The Balaban J connectivity index is 2.95. The van der Waals surface area contributed by atoms with E-state index in [0.29, 0.717) is 0 Å². The van der Waals surface area contributed by atoms with Crippen LogP contribution in [0.1, 0.15) is 148 Å². The minimum atomic E-state index is 0.749. The second-order valence-corrected chi connectivity index (χ2v) is 8.33. The maximum absolute atomic E-state index is 8.48. The Morgan fingerprint density at radius 3 is 0.846 bits per heavy atom. The lowest BCUT2D eigenvalue weighted by Gasteiger charge is -2.04. The first kappa shape index (κ1) is 25.9. The van der Waals surface area contributed by atoms with Crippen LogP contribution >= 0.6 is 0 Å². The number of unbranched alkanes of at least 4 members (excludes halogenated alkanes) is 21. The van der Waals surface area contributed by atoms with Gasteiger partial charge < -0.3 is 5.21 Å². The summed E-state index contributed by atoms with van der Waals surface area (Å²) < 4.78 is 0. The summed E-state index contributed by atoms with van der Waals surface area (Å²) in [5.74, 6) is 0. The van der Waals surface area contributed by atoms with Crippen LogP contribution in [-0.4, -0.2) is 11.8 Å². The zero-order valence-corrected chi connectivity index (χ0v) is 18.2. The van der Waals surface area contributed by atoms with Gasteiger partial charge in [-0.1, -0.05) is 142 Å². The highest BCUT2D eigenvalue weighted by molar-refractivity contribution is 4.51. The van der Waals surface area contributed by atoms with Gasteiger partial charge in [0.2, 0.25) is 0 Å². The highest BCUT2D eigenvalue weighted by atomic mass is 16.5. The van der Waals surface area contributed by atoms with Crippen molar-refractivity contribution in [2.75, 3.05) is 6.54 Å². The predicted octanol–water partition coefficient (Wildman–Crippen LogP) is 8.57. The summed E-state index contributed by atoms with van der Waals surface area (Å²) in [4.78, 5) is 0. The molecule has 0 radical (unpaired) electrons. The van der Waals surface area contributed by atoms with Crippen molar-refractivity contribution in [1.29, 1.82) is 0 Å². The largest absolute Gasteiger partial charge is 0.317 e. The van der Waals surface area contributed by atoms with Crippen molar-refractivity contribution >= 4 is 0 Å². The number of rotatable bonds is 23. The fraction of sp³-hybridized carbons (Fsp3) is 1.00. The Labute approximate surface area is 165 Å². The molecular formula is C24H51NO. The van der Waals surface area contributed by atoms with Gasteiger partial charge in [-0.05, 0) is 6.42 Å². The van der Waals surface area contributed by atoms with Gasteiger partial charge in [0.15, 0.2) is 0 Å². The lowest BCUT2D eigenvalue weighted by Crippen LogP contribution is -2.07. The van der Waals surface area contributed by atoms with E-state index in [2.05, 4.69) is 12.4 Å². The van der Waals surface area contributed by atoms with E-state index in [1.165, 1.54) is 135 Å². The molecule has 0 aliphatic rings. The molecule has 2 N–H and O–H groups in total. The maximum atomic E-state index is 8.48. The van der Waals surface area contributed by atoms with Crippen molar-refractivity contribution in [3.05, 3.63) is 0 Å². The van der Waals surface area contributed by atoms with Gasteiger partial charge in [-0.15, -0.1) is 0 Å². The van der Waals surface area contributed by atoms with Crippen LogP contribution in [0, 0.1) is 0 Å². The summed E-state index contributed by atoms with van der Waals surface area (Å²) >= 11 is 0. The van der Waals surface area contributed by atoms with Gasteiger partial charge in [0.1, 0.15) is 0 Å². The minimum absolute atomic E-state index is 0.749. The molecule has 0 atom stereocenters. The minimum Gasteiger partial charge on any atom is -0.317 e. The van der Waals surface area contributed by atoms with Crippen molar-refractivity contribution in [1.82, 2.24) is 5.48 Å². The first-order valence-corrected chi connectivity index (χ1v) is 12.3. The highest BCUT2D eigenvalue weighted by Crippen LogP contribution is 2.15. The molecule has 0 bridgehead atoms. The van der Waals surface area contributed by atoms with Crippen LogP contribution in [0.2, 0.25) is 0 Å². The zero-order valence-electron chi connectivity index (χ0n) is 18.2. The quantitative estimate of drug-likeness (QED) is 0.140. The molecule has 0 unspecified atom stereocenters. The van der Waals surface area contributed by atoms with Crippen molar-refractivity contribution in [3.63, 3.8) is 0 Å². The van der Waals surface area contributed by atoms with Crippen LogP contribution in [0.4, 0.5) is 0 Å². The molecule has 0 aromatic heterocycles. The molecule has 0 aliphatic carbocycles. The molecule has 2 heteroatoms. The van der Waals surface area contributed by atoms with E-state index in [-0.39, 0.29) is 0 Å². The molecule has 0 aromatic rings. The highest BCUT2D eigenvalue weighted by Gasteiger charge is 1.95. The Kier molecular flexibility index (Phi) is 24.8. The molecule has 158 valence electrons. The van der Waals surface area contributed by atoms with Gasteiger partial charge >= 0.3 is 0 Å². The molecule has 0 saturated heterocycles. The lowest BCUT2D eigenvalue weighted by molar-refractivity contribution is 0.164. The standard InChI is InChI=1S/C24H51NO/c1-2-3-4-5-6-7-8-9-10-11-12-13-14-15-16-17-18-19-20-21-22-23-24-25-26/h25-26H,2-24H2,1H3. The van der Waals surface area contributed by atoms with Crippen LogP contribution in [0.5, 0.6) is 0 Å². The van der Waals surface area contributed by atoms with E-state index in [4.69, 9.17) is 5.21 Å². The fourth-order valence-electron chi connectivity index (χ4n) is 3.81. The summed E-state index contributed by atoms with van der Waals surface area (Å²) in [6.45, 7) is 3.04. The molecule has 2 nitrogen and oxygen atoms in total. The molecule has 0 amide bonds. The molecule has 0 aromatic carbocycles. The molecule has 26 heavy (non-hydrogen) atoms. The third-order valence-electron chi connectivity index (χ3n) is 5.64. The third kappa shape index (κ3) is 23.9. The van der Waals surface area contributed by atoms with Crippen molar-refractivity contribution in [2.24, 2.45) is 0 Å². The average Bonchev–Trinajstić information content (AvgIpc) is 2.66. The van der Waals surface area contributed by atoms with E-state index in [0.717, 1.165) is 13.0 Å². The Morgan fingerprint density at radius 1 is 0.385 bits per heavy atom. The van der Waals surface area contributed by atoms with Crippen LogP contribution in [0.3, 0.4) is 0 Å². The number of hydrogen-bond donors (Lipinski definition) is 2. The molecule has 0 rings (SSSR count). The van der Waals surface area contributed by atoms with Gasteiger partial charge in [0.25, 0.3) is 0 Å². The van der Waals surface area contributed by atoms with Gasteiger partial charge in [0.05, 0.1) is 0 Å². The van der Waals surface area contributed by atoms with Gasteiger partial charge in [-0.2, -0.15) is 0 Å². The summed E-state index contributed by atoms with van der Waals surface area (Å²) in [7, 11) is 0. The Hall–Kier alpha value is -0.0800. The van der Waals surface area contributed by atoms with E-state index in [9.17, 15) is 0 Å². The summed E-state index contributed by atoms with van der Waals surface area (Å²) in [6, 6.07) is 0. The van der Waals surface area contributed by atoms with E-state index < -0.39 is 0 Å². The first-order chi connectivity index (χ1) is 12.9. The molecule has 0 aliphatic heterocycles. The van der Waals surface area contributed by atoms with Crippen LogP contribution in [-0.2, 0) is 0 Å². The Bertz CT molecular complexity index is 208. The van der Waals surface area contributed by atoms with Crippen LogP contribution < -0.4 is 5.48 Å². The predicted molar refractivity (Wildman–Crippen MR) is 117 cm³/mol. The van der Waals surface area contributed by atoms with E-state index in [1.54, 1.807) is 0 Å². The third-order valence-corrected chi connectivity index (χ3v) is 5.64. The smallest absolute Gasteiger partial charge is 0.0207 e. The topological polar surface area (TPSA) is 32.3 Å². The summed E-state index contributed by atoms with van der Waals surface area (Å²) in [5.41, 5.74) is 2.23. The normalized spacial score (nSPS) is 11.3. The van der Waals surface area contributed by atoms with Crippen molar-refractivity contribution in [2.45, 2.75) is 148 Å². The van der Waals surface area contributed by atoms with Crippen molar-refractivity contribution in [3.8, 4) is 0 Å². The average molecular weight is 370 g/mol. The fourth-order valence-corrected chi connectivity index (χ4v) is 3.81. The van der Waals surface area contributed by atoms with E-state index >= 15 is 0 Å². The van der Waals surface area contributed by atoms with Gasteiger partial charge in [-0.3, -0.25) is 0 Å². The molecular weight excluding hydrogens is 318 g/mol. The molecule has 0 spiro atoms. The zero-order chi connectivity index (χ0) is 19.0. The monoisotopic (exact) mass is 369 g/mol. The molecule has 0 saturated carbocycles. The van der Waals surface area contributed by atoms with Crippen LogP contribution in [0.15, 0.2) is 0 Å². The van der Waals surface area contributed by atoms with Gasteiger partial charge in [0, 0.05) is 6.54 Å². The summed E-state index contributed by atoms with van der Waals surface area (Å²) in [6.07, 6.45) is 31.2. The van der Waals surface area contributed by atoms with E-state index in [1.807, 2.05) is 0 Å². The van der Waals surface area contributed by atoms with Crippen LogP contribution in [0.25, 0.3) is 0 Å². The second kappa shape index (κ2) is 24.9. The SMILES string of the molecule is CCCCCCCCCCCCCCCCCCCCCCCCNO. The molecule has 0 fully saturated rings. The Morgan fingerprint density at radius 2 is 0.615 bits per heavy atom. The van der Waals surface area contributed by atoms with Gasteiger partial charge in [-0.25, -0.2) is 5.48 Å². The molecule has 0 heterocycles. The lowest BCUT2D eigenvalue weighted by atomic mass is 10.0. The number of hydroxylamine groups is 1. The second-order valence-electron chi connectivity index (χ2n) is 8.33.